The number of aromatic nitrogens is 1. The summed E-state index contributed by atoms with van der Waals surface area (Å²) < 4.78 is 12.9. The van der Waals surface area contributed by atoms with Crippen LogP contribution in [-0.4, -0.2) is 4.98 Å². The van der Waals surface area contributed by atoms with Crippen LogP contribution in [0.1, 0.15) is 5.69 Å². The van der Waals surface area contributed by atoms with Crippen molar-refractivity contribution in [2.24, 2.45) is 0 Å². The molecule has 14 heavy (non-hydrogen) atoms. The Labute approximate surface area is 85.2 Å². The molecule has 0 aliphatic heterocycles. The van der Waals surface area contributed by atoms with Crippen LogP contribution in [0, 0.1) is 12.7 Å². The number of benzene rings is 1. The molecule has 2 N–H and O–H groups in total. The van der Waals surface area contributed by atoms with E-state index in [1.54, 1.807) is 6.07 Å². The Balaban J connectivity index is 2.49. The molecule has 72 valence electrons. The van der Waals surface area contributed by atoms with Crippen LogP contribution in [-0.2, 0) is 0 Å². The lowest BCUT2D eigenvalue weighted by molar-refractivity contribution is 0.628. The van der Waals surface area contributed by atoms with Crippen LogP contribution in [0.4, 0.5) is 9.39 Å². The summed E-state index contributed by atoms with van der Waals surface area (Å²) in [5, 5.41) is 1.45. The van der Waals surface area contributed by atoms with E-state index in [1.807, 2.05) is 13.0 Å². The van der Waals surface area contributed by atoms with Crippen LogP contribution < -0.4 is 5.73 Å². The third-order valence-corrected chi connectivity index (χ3v) is 2.94. The fourth-order valence-electron chi connectivity index (χ4n) is 1.15. The normalized spacial score (nSPS) is 10.4. The summed E-state index contributed by atoms with van der Waals surface area (Å²) in [6, 6.07) is 6.35. The molecule has 1 aromatic heterocycles. The summed E-state index contributed by atoms with van der Waals surface area (Å²) in [5.74, 6) is -0.256. The zero-order chi connectivity index (χ0) is 10.1. The monoisotopic (exact) mass is 208 g/mol. The maximum absolute atomic E-state index is 12.9. The van der Waals surface area contributed by atoms with E-state index in [1.165, 1.54) is 23.5 Å². The van der Waals surface area contributed by atoms with Gasteiger partial charge in [-0.1, -0.05) is 23.5 Å². The van der Waals surface area contributed by atoms with Gasteiger partial charge in [-0.3, -0.25) is 0 Å². The van der Waals surface area contributed by atoms with E-state index < -0.39 is 0 Å². The van der Waals surface area contributed by atoms with Crippen molar-refractivity contribution >= 4 is 16.3 Å². The number of thiazole rings is 1. The fraction of sp³-hybridized carbons (Fsp3) is 0.100. The van der Waals surface area contributed by atoms with Gasteiger partial charge in [0.2, 0.25) is 0 Å². The van der Waals surface area contributed by atoms with Gasteiger partial charge in [-0.2, -0.15) is 0 Å². The Kier molecular flexibility index (Phi) is 2.21. The molecular formula is C10H9FN2S. The van der Waals surface area contributed by atoms with Crippen molar-refractivity contribution < 1.29 is 4.39 Å². The molecule has 0 radical (unpaired) electrons. The van der Waals surface area contributed by atoms with Crippen molar-refractivity contribution in [1.82, 2.24) is 4.98 Å². The first kappa shape index (κ1) is 9.15. The van der Waals surface area contributed by atoms with Gasteiger partial charge in [0.05, 0.1) is 5.69 Å². The molecule has 2 aromatic rings. The number of rotatable bonds is 1. The highest BCUT2D eigenvalue weighted by Gasteiger charge is 2.06. The molecule has 0 amide bonds. The number of aryl methyl sites for hydroxylation is 1. The molecule has 0 spiro atoms. The van der Waals surface area contributed by atoms with Crippen molar-refractivity contribution in [2.45, 2.75) is 6.92 Å². The molecule has 0 bridgehead atoms. The van der Waals surface area contributed by atoms with Crippen LogP contribution >= 0.6 is 11.3 Å². The zero-order valence-electron chi connectivity index (χ0n) is 7.62. The fourth-order valence-corrected chi connectivity index (χ4v) is 1.98. The van der Waals surface area contributed by atoms with Gasteiger partial charge in [-0.25, -0.2) is 9.37 Å². The molecule has 4 heteroatoms. The average Bonchev–Trinajstić information content (AvgIpc) is 2.47. The minimum absolute atomic E-state index is 0.256. The molecule has 2 nitrogen and oxygen atoms in total. The van der Waals surface area contributed by atoms with Crippen molar-refractivity contribution in [3.8, 4) is 10.6 Å². The van der Waals surface area contributed by atoms with E-state index in [9.17, 15) is 4.39 Å². The lowest BCUT2D eigenvalue weighted by Crippen LogP contribution is -1.81. The molecule has 1 heterocycles. The highest BCUT2D eigenvalue weighted by Crippen LogP contribution is 2.29. The summed E-state index contributed by atoms with van der Waals surface area (Å²) in [5.41, 5.74) is 7.25. The first-order valence-corrected chi connectivity index (χ1v) is 4.97. The molecule has 0 unspecified atom stereocenters. The second-order valence-electron chi connectivity index (χ2n) is 2.98. The van der Waals surface area contributed by atoms with Crippen LogP contribution in [0.5, 0.6) is 0 Å². The molecule has 0 saturated heterocycles. The molecule has 2 rings (SSSR count). The number of nitrogen functional groups attached to an aromatic ring is 1. The number of hydrogen-bond acceptors (Lipinski definition) is 3. The SMILES string of the molecule is Cc1nc(-c2cccc(F)c2)sc1N. The van der Waals surface area contributed by atoms with Crippen molar-refractivity contribution in [2.75, 3.05) is 5.73 Å². The van der Waals surface area contributed by atoms with Gasteiger partial charge < -0.3 is 5.73 Å². The molecule has 0 aliphatic carbocycles. The molecule has 0 aliphatic rings. The predicted molar refractivity (Wildman–Crippen MR) is 56.7 cm³/mol. The third kappa shape index (κ3) is 1.61. The summed E-state index contributed by atoms with van der Waals surface area (Å²) in [6.07, 6.45) is 0. The van der Waals surface area contributed by atoms with Crippen molar-refractivity contribution in [3.63, 3.8) is 0 Å². The minimum Gasteiger partial charge on any atom is -0.389 e. The summed E-state index contributed by atoms with van der Waals surface area (Å²) in [7, 11) is 0. The van der Waals surface area contributed by atoms with Gasteiger partial charge in [0.25, 0.3) is 0 Å². The Morgan fingerprint density at radius 1 is 1.43 bits per heavy atom. The van der Waals surface area contributed by atoms with Crippen LogP contribution in [0.15, 0.2) is 24.3 Å². The second kappa shape index (κ2) is 3.38. The maximum atomic E-state index is 12.9. The van der Waals surface area contributed by atoms with E-state index in [-0.39, 0.29) is 5.82 Å². The van der Waals surface area contributed by atoms with Crippen molar-refractivity contribution in [1.29, 1.82) is 0 Å². The molecule has 0 fully saturated rings. The van der Waals surface area contributed by atoms with Crippen LogP contribution in [0.3, 0.4) is 0 Å². The first-order chi connectivity index (χ1) is 6.66. The standard InChI is InChI=1S/C10H9FN2S/c1-6-9(12)14-10(13-6)7-3-2-4-8(11)5-7/h2-5H,12H2,1H3. The van der Waals surface area contributed by atoms with E-state index >= 15 is 0 Å². The highest BCUT2D eigenvalue weighted by atomic mass is 32.1. The lowest BCUT2D eigenvalue weighted by Gasteiger charge is -1.94. The van der Waals surface area contributed by atoms with Crippen LogP contribution in [0.2, 0.25) is 0 Å². The van der Waals surface area contributed by atoms with Gasteiger partial charge in [0.1, 0.15) is 15.8 Å². The van der Waals surface area contributed by atoms with Crippen molar-refractivity contribution in [3.05, 3.63) is 35.8 Å². The predicted octanol–water partition coefficient (Wildman–Crippen LogP) is 2.84. The number of nitrogens with zero attached hydrogens (tertiary/aromatic N) is 1. The number of halogens is 1. The summed E-state index contributed by atoms with van der Waals surface area (Å²) in [4.78, 5) is 4.25. The van der Waals surface area contributed by atoms with E-state index in [0.717, 1.165) is 16.3 Å². The minimum atomic E-state index is -0.256. The van der Waals surface area contributed by atoms with Gasteiger partial charge in [0.15, 0.2) is 0 Å². The van der Waals surface area contributed by atoms with Gasteiger partial charge in [0, 0.05) is 5.56 Å². The highest BCUT2D eigenvalue weighted by molar-refractivity contribution is 7.18. The molecule has 0 atom stereocenters. The number of nitrogens with two attached hydrogens (primary N) is 1. The summed E-state index contributed by atoms with van der Waals surface area (Å²) >= 11 is 1.38. The quantitative estimate of drug-likeness (QED) is 0.782. The number of hydrogen-bond donors (Lipinski definition) is 1. The average molecular weight is 208 g/mol. The summed E-state index contributed by atoms with van der Waals surface area (Å²) in [6.45, 7) is 1.84. The van der Waals surface area contributed by atoms with E-state index in [2.05, 4.69) is 4.98 Å². The molecular weight excluding hydrogens is 199 g/mol. The smallest absolute Gasteiger partial charge is 0.125 e. The maximum Gasteiger partial charge on any atom is 0.125 e. The largest absolute Gasteiger partial charge is 0.389 e. The van der Waals surface area contributed by atoms with Gasteiger partial charge in [-0.05, 0) is 19.1 Å². The molecule has 1 aromatic carbocycles. The molecule has 0 saturated carbocycles. The Morgan fingerprint density at radius 3 is 2.79 bits per heavy atom. The number of anilines is 1. The topological polar surface area (TPSA) is 38.9 Å². The lowest BCUT2D eigenvalue weighted by atomic mass is 10.2. The second-order valence-corrected chi connectivity index (χ2v) is 4.01. The zero-order valence-corrected chi connectivity index (χ0v) is 8.44. The van der Waals surface area contributed by atoms with Gasteiger partial charge >= 0.3 is 0 Å². The van der Waals surface area contributed by atoms with E-state index in [4.69, 9.17) is 5.73 Å². The Hall–Kier alpha value is -1.42. The van der Waals surface area contributed by atoms with Crippen LogP contribution in [0.25, 0.3) is 10.6 Å². The Bertz CT molecular complexity index is 445. The first-order valence-electron chi connectivity index (χ1n) is 4.15. The Morgan fingerprint density at radius 2 is 2.21 bits per heavy atom. The van der Waals surface area contributed by atoms with Gasteiger partial charge in [-0.15, -0.1) is 0 Å². The third-order valence-electron chi connectivity index (χ3n) is 1.90. The van der Waals surface area contributed by atoms with E-state index in [0.29, 0.717) is 5.00 Å².